The zero-order chi connectivity index (χ0) is 11.7. The lowest BCUT2D eigenvalue weighted by Crippen LogP contribution is -2.27. The number of aryl methyl sites for hydroxylation is 1. The van der Waals surface area contributed by atoms with Crippen molar-refractivity contribution in [2.45, 2.75) is 50.4 Å². The van der Waals surface area contributed by atoms with E-state index in [-0.39, 0.29) is 0 Å². The third kappa shape index (κ3) is 2.25. The molecule has 0 aromatic carbocycles. The molecule has 1 aromatic heterocycles. The summed E-state index contributed by atoms with van der Waals surface area (Å²) in [6.07, 6.45) is 8.02. The Morgan fingerprint density at radius 1 is 1.12 bits per heavy atom. The standard InChI is InChI=1S/C14H23N3/c1-17-14(12-6-8-15-9-7-12)10-13(16-17)11-4-2-3-5-11/h10-12,15H,2-9H2,1H3. The summed E-state index contributed by atoms with van der Waals surface area (Å²) in [7, 11) is 2.12. The van der Waals surface area contributed by atoms with Gasteiger partial charge in [0.15, 0.2) is 0 Å². The van der Waals surface area contributed by atoms with Gasteiger partial charge in [0.05, 0.1) is 5.69 Å². The fourth-order valence-corrected chi connectivity index (χ4v) is 3.43. The number of piperidine rings is 1. The highest BCUT2D eigenvalue weighted by atomic mass is 15.3. The summed E-state index contributed by atoms with van der Waals surface area (Å²) < 4.78 is 2.14. The highest BCUT2D eigenvalue weighted by Gasteiger charge is 2.24. The van der Waals surface area contributed by atoms with Gasteiger partial charge in [-0.1, -0.05) is 12.8 Å². The molecule has 0 amide bonds. The van der Waals surface area contributed by atoms with E-state index in [0.29, 0.717) is 0 Å². The van der Waals surface area contributed by atoms with Crippen molar-refractivity contribution in [1.29, 1.82) is 0 Å². The number of rotatable bonds is 2. The lowest BCUT2D eigenvalue weighted by molar-refractivity contribution is 0.439. The molecule has 0 atom stereocenters. The molecule has 1 saturated carbocycles. The first-order valence-electron chi connectivity index (χ1n) is 7.09. The quantitative estimate of drug-likeness (QED) is 0.850. The van der Waals surface area contributed by atoms with E-state index >= 15 is 0 Å². The molecule has 0 radical (unpaired) electrons. The molecule has 2 fully saturated rings. The van der Waals surface area contributed by atoms with E-state index in [4.69, 9.17) is 5.10 Å². The van der Waals surface area contributed by atoms with Gasteiger partial charge in [-0.05, 0) is 44.8 Å². The van der Waals surface area contributed by atoms with Crippen LogP contribution in [0, 0.1) is 0 Å². The Kier molecular flexibility index (Phi) is 3.19. The number of nitrogens with zero attached hydrogens (tertiary/aromatic N) is 2. The van der Waals surface area contributed by atoms with Crippen LogP contribution < -0.4 is 5.32 Å². The van der Waals surface area contributed by atoms with Crippen molar-refractivity contribution in [3.63, 3.8) is 0 Å². The maximum absolute atomic E-state index is 4.76. The first-order valence-corrected chi connectivity index (χ1v) is 7.09. The molecule has 0 bridgehead atoms. The van der Waals surface area contributed by atoms with Crippen molar-refractivity contribution >= 4 is 0 Å². The van der Waals surface area contributed by atoms with Gasteiger partial charge in [-0.2, -0.15) is 5.10 Å². The summed E-state index contributed by atoms with van der Waals surface area (Å²) in [4.78, 5) is 0. The van der Waals surface area contributed by atoms with Gasteiger partial charge >= 0.3 is 0 Å². The van der Waals surface area contributed by atoms with Gasteiger partial charge in [0.25, 0.3) is 0 Å². The van der Waals surface area contributed by atoms with Gasteiger partial charge in [0.2, 0.25) is 0 Å². The molecule has 1 saturated heterocycles. The maximum Gasteiger partial charge on any atom is 0.0658 e. The number of hydrogen-bond donors (Lipinski definition) is 1. The average molecular weight is 233 g/mol. The van der Waals surface area contributed by atoms with Crippen LogP contribution in [0.3, 0.4) is 0 Å². The molecule has 2 heterocycles. The molecule has 0 spiro atoms. The second kappa shape index (κ2) is 4.81. The van der Waals surface area contributed by atoms with E-state index in [1.165, 1.54) is 49.9 Å². The van der Waals surface area contributed by atoms with Crippen LogP contribution in [-0.4, -0.2) is 22.9 Å². The van der Waals surface area contributed by atoms with Gasteiger partial charge in [0.1, 0.15) is 0 Å². The maximum atomic E-state index is 4.76. The third-order valence-electron chi connectivity index (χ3n) is 4.47. The minimum absolute atomic E-state index is 0.726. The lowest BCUT2D eigenvalue weighted by Gasteiger charge is -2.22. The SMILES string of the molecule is Cn1nc(C2CCCC2)cc1C1CCNCC1. The first-order chi connectivity index (χ1) is 8.34. The average Bonchev–Trinajstić information content (AvgIpc) is 2.99. The van der Waals surface area contributed by atoms with Crippen LogP contribution in [0.15, 0.2) is 6.07 Å². The van der Waals surface area contributed by atoms with Gasteiger partial charge in [-0.3, -0.25) is 4.68 Å². The molecule has 1 N–H and O–H groups in total. The molecule has 94 valence electrons. The van der Waals surface area contributed by atoms with Crippen LogP contribution in [0.5, 0.6) is 0 Å². The van der Waals surface area contributed by atoms with Crippen LogP contribution >= 0.6 is 0 Å². The van der Waals surface area contributed by atoms with E-state index in [9.17, 15) is 0 Å². The van der Waals surface area contributed by atoms with Crippen LogP contribution in [-0.2, 0) is 7.05 Å². The van der Waals surface area contributed by atoms with Crippen molar-refractivity contribution in [2.24, 2.45) is 7.05 Å². The van der Waals surface area contributed by atoms with Crippen molar-refractivity contribution in [2.75, 3.05) is 13.1 Å². The van der Waals surface area contributed by atoms with Crippen molar-refractivity contribution in [3.05, 3.63) is 17.5 Å². The fourth-order valence-electron chi connectivity index (χ4n) is 3.43. The van der Waals surface area contributed by atoms with Gasteiger partial charge in [-0.25, -0.2) is 0 Å². The highest BCUT2D eigenvalue weighted by Crippen LogP contribution is 2.35. The normalized spacial score (nSPS) is 23.4. The van der Waals surface area contributed by atoms with E-state index < -0.39 is 0 Å². The highest BCUT2D eigenvalue weighted by molar-refractivity contribution is 5.19. The smallest absolute Gasteiger partial charge is 0.0658 e. The molecule has 3 nitrogen and oxygen atoms in total. The molecule has 1 aliphatic carbocycles. The minimum atomic E-state index is 0.726. The zero-order valence-electron chi connectivity index (χ0n) is 10.8. The second-order valence-electron chi connectivity index (χ2n) is 5.62. The van der Waals surface area contributed by atoms with Crippen LogP contribution in [0.4, 0.5) is 0 Å². The number of aromatic nitrogens is 2. The molecular formula is C14H23N3. The van der Waals surface area contributed by atoms with E-state index in [2.05, 4.69) is 23.1 Å². The fraction of sp³-hybridized carbons (Fsp3) is 0.786. The molecule has 17 heavy (non-hydrogen) atoms. The second-order valence-corrected chi connectivity index (χ2v) is 5.62. The van der Waals surface area contributed by atoms with E-state index in [0.717, 1.165) is 24.9 Å². The molecular weight excluding hydrogens is 210 g/mol. The summed E-state index contributed by atoms with van der Waals surface area (Å²) >= 11 is 0. The Morgan fingerprint density at radius 2 is 1.82 bits per heavy atom. The van der Waals surface area contributed by atoms with Gasteiger partial charge in [-0.15, -0.1) is 0 Å². The third-order valence-corrected chi connectivity index (χ3v) is 4.47. The molecule has 1 aromatic rings. The molecule has 1 aliphatic heterocycles. The zero-order valence-corrected chi connectivity index (χ0v) is 10.8. The summed E-state index contributed by atoms with van der Waals surface area (Å²) in [5.41, 5.74) is 2.83. The minimum Gasteiger partial charge on any atom is -0.317 e. The van der Waals surface area contributed by atoms with E-state index in [1.54, 1.807) is 0 Å². The first kappa shape index (κ1) is 11.3. The van der Waals surface area contributed by atoms with Gasteiger partial charge in [0, 0.05) is 24.6 Å². The molecule has 0 unspecified atom stereocenters. The van der Waals surface area contributed by atoms with Crippen LogP contribution in [0.1, 0.15) is 61.7 Å². The Labute approximate surface area is 104 Å². The van der Waals surface area contributed by atoms with E-state index in [1.807, 2.05) is 0 Å². The molecule has 3 heteroatoms. The number of hydrogen-bond acceptors (Lipinski definition) is 2. The predicted octanol–water partition coefficient (Wildman–Crippen LogP) is 2.54. The van der Waals surface area contributed by atoms with Crippen molar-refractivity contribution in [1.82, 2.24) is 15.1 Å². The summed E-state index contributed by atoms with van der Waals surface area (Å²) in [6.45, 7) is 2.32. The van der Waals surface area contributed by atoms with Crippen LogP contribution in [0.2, 0.25) is 0 Å². The predicted molar refractivity (Wildman–Crippen MR) is 69.3 cm³/mol. The monoisotopic (exact) mass is 233 g/mol. The Bertz CT molecular complexity index is 371. The summed E-state index contributed by atoms with van der Waals surface area (Å²) in [5.74, 6) is 1.47. The van der Waals surface area contributed by atoms with Crippen molar-refractivity contribution < 1.29 is 0 Å². The topological polar surface area (TPSA) is 29.9 Å². The van der Waals surface area contributed by atoms with Gasteiger partial charge < -0.3 is 5.32 Å². The largest absolute Gasteiger partial charge is 0.317 e. The van der Waals surface area contributed by atoms with Crippen molar-refractivity contribution in [3.8, 4) is 0 Å². The van der Waals surface area contributed by atoms with Crippen LogP contribution in [0.25, 0.3) is 0 Å². The molecule has 3 rings (SSSR count). The number of nitrogens with one attached hydrogen (secondary N) is 1. The Balaban J connectivity index is 1.79. The summed E-state index contributed by atoms with van der Waals surface area (Å²) in [6, 6.07) is 2.39. The Morgan fingerprint density at radius 3 is 2.53 bits per heavy atom. The lowest BCUT2D eigenvalue weighted by atomic mass is 9.93. The Hall–Kier alpha value is -0.830. The molecule has 2 aliphatic rings. The summed E-state index contributed by atoms with van der Waals surface area (Å²) in [5, 5.41) is 8.20.